The number of aliphatic carboxylic acids is 2. The van der Waals surface area contributed by atoms with Gasteiger partial charge in [0.15, 0.2) is 0 Å². The number of nitrogens with two attached hydrogens (primary N) is 2. The molecule has 13 nitrogen and oxygen atoms in total. The van der Waals surface area contributed by atoms with Gasteiger partial charge in [0, 0.05) is 12.8 Å². The molecule has 9 N–H and O–H groups in total. The Balaban J connectivity index is 3.14. The van der Waals surface area contributed by atoms with E-state index in [4.69, 9.17) is 16.6 Å². The van der Waals surface area contributed by atoms with E-state index in [1.807, 2.05) is 6.92 Å². The van der Waals surface area contributed by atoms with E-state index in [9.17, 15) is 33.9 Å². The van der Waals surface area contributed by atoms with Gasteiger partial charge in [-0.25, -0.2) is 4.79 Å². The minimum Gasteiger partial charge on any atom is -0.481 e. The third kappa shape index (κ3) is 11.1. The van der Waals surface area contributed by atoms with Crippen LogP contribution in [-0.4, -0.2) is 69.9 Å². The summed E-state index contributed by atoms with van der Waals surface area (Å²) in [5.74, 6) is -6.27. The molecule has 5 unspecified atom stereocenters. The van der Waals surface area contributed by atoms with Crippen molar-refractivity contribution in [2.45, 2.75) is 70.1 Å². The first-order valence-corrected chi connectivity index (χ1v) is 11.8. The zero-order chi connectivity index (χ0) is 28.1. The van der Waals surface area contributed by atoms with E-state index in [0.717, 1.165) is 0 Å². The Hall–Kier alpha value is -4.00. The highest BCUT2D eigenvalue weighted by atomic mass is 16.4. The zero-order valence-electron chi connectivity index (χ0n) is 20.8. The Labute approximate surface area is 214 Å². The molecular formula is C24H35N5O8. The molecule has 13 heteroatoms. The van der Waals surface area contributed by atoms with E-state index in [2.05, 4.69) is 16.0 Å². The molecule has 1 aromatic carbocycles. The molecule has 37 heavy (non-hydrogen) atoms. The summed E-state index contributed by atoms with van der Waals surface area (Å²) in [5, 5.41) is 25.3. The van der Waals surface area contributed by atoms with E-state index in [-0.39, 0.29) is 18.8 Å². The van der Waals surface area contributed by atoms with Gasteiger partial charge in [0.2, 0.25) is 23.6 Å². The summed E-state index contributed by atoms with van der Waals surface area (Å²) in [6, 6.07) is 3.26. The number of benzene rings is 1. The molecule has 0 saturated carbocycles. The molecule has 0 saturated heterocycles. The Morgan fingerprint density at radius 3 is 1.92 bits per heavy atom. The number of amides is 4. The molecule has 0 bridgehead atoms. The number of rotatable bonds is 16. The first-order valence-electron chi connectivity index (χ1n) is 11.8. The summed E-state index contributed by atoms with van der Waals surface area (Å²) in [6.45, 7) is 3.58. The molecule has 0 aromatic heterocycles. The molecule has 5 atom stereocenters. The van der Waals surface area contributed by atoms with Crippen LogP contribution in [0.5, 0.6) is 0 Å². The lowest BCUT2D eigenvalue weighted by atomic mass is 9.98. The number of carbonyl (C=O) groups is 6. The van der Waals surface area contributed by atoms with E-state index in [1.165, 1.54) is 0 Å². The summed E-state index contributed by atoms with van der Waals surface area (Å²) in [6.07, 6.45) is -0.923. The molecule has 1 aromatic rings. The van der Waals surface area contributed by atoms with Crippen LogP contribution in [0.3, 0.4) is 0 Å². The average Bonchev–Trinajstić information content (AvgIpc) is 2.84. The smallest absolute Gasteiger partial charge is 0.326 e. The van der Waals surface area contributed by atoms with Gasteiger partial charge in [-0.15, -0.1) is 0 Å². The van der Waals surface area contributed by atoms with Crippen LogP contribution in [0.2, 0.25) is 0 Å². The summed E-state index contributed by atoms with van der Waals surface area (Å²) in [5.41, 5.74) is 11.8. The highest BCUT2D eigenvalue weighted by molar-refractivity contribution is 5.96. The summed E-state index contributed by atoms with van der Waals surface area (Å²) in [7, 11) is 0. The largest absolute Gasteiger partial charge is 0.481 e. The van der Waals surface area contributed by atoms with Crippen molar-refractivity contribution >= 4 is 35.6 Å². The molecule has 0 heterocycles. The standard InChI is InChI=1S/C24H35N5O8/c1-3-13(2)20(26)23(35)29-17(12-18(25)30)22(34)28-16(11-14-7-5-4-6-8-14)21(33)27-15(24(36)37)9-10-19(31)32/h4-8,13,15-17,20H,3,9-12,26H2,1-2H3,(H2,25,30)(H,27,33)(H,28,34)(H,29,35)(H,31,32)(H,36,37). The molecule has 0 spiro atoms. The van der Waals surface area contributed by atoms with Crippen molar-refractivity contribution in [2.24, 2.45) is 17.4 Å². The van der Waals surface area contributed by atoms with Gasteiger partial charge in [-0.1, -0.05) is 50.6 Å². The first-order chi connectivity index (χ1) is 17.3. The number of carboxylic acids is 2. The number of hydrogen-bond acceptors (Lipinski definition) is 7. The van der Waals surface area contributed by atoms with Gasteiger partial charge in [-0.2, -0.15) is 0 Å². The van der Waals surface area contributed by atoms with Crippen LogP contribution in [-0.2, 0) is 35.2 Å². The fraction of sp³-hybridized carbons (Fsp3) is 0.500. The quantitative estimate of drug-likeness (QED) is 0.139. The van der Waals surface area contributed by atoms with Gasteiger partial charge in [0.05, 0.1) is 12.5 Å². The lowest BCUT2D eigenvalue weighted by Crippen LogP contribution is -2.58. The highest BCUT2D eigenvalue weighted by Crippen LogP contribution is 2.08. The van der Waals surface area contributed by atoms with E-state index in [0.29, 0.717) is 12.0 Å². The maximum Gasteiger partial charge on any atom is 0.326 e. The monoisotopic (exact) mass is 521 g/mol. The van der Waals surface area contributed by atoms with E-state index in [1.54, 1.807) is 37.3 Å². The van der Waals surface area contributed by atoms with E-state index < -0.39 is 72.6 Å². The van der Waals surface area contributed by atoms with Crippen LogP contribution in [0.15, 0.2) is 30.3 Å². The van der Waals surface area contributed by atoms with Gasteiger partial charge in [0.1, 0.15) is 18.1 Å². The SMILES string of the molecule is CCC(C)C(N)C(=O)NC(CC(N)=O)C(=O)NC(Cc1ccccc1)C(=O)NC(CCC(=O)O)C(=O)O. The van der Waals surface area contributed by atoms with Gasteiger partial charge in [0.25, 0.3) is 0 Å². The Kier molecular flexibility index (Phi) is 12.7. The fourth-order valence-corrected chi connectivity index (χ4v) is 3.32. The molecule has 0 aliphatic rings. The van der Waals surface area contributed by atoms with Crippen LogP contribution >= 0.6 is 0 Å². The second kappa shape index (κ2) is 15.2. The van der Waals surface area contributed by atoms with Crippen molar-refractivity contribution in [1.82, 2.24) is 16.0 Å². The molecule has 1 rings (SSSR count). The second-order valence-corrected chi connectivity index (χ2v) is 8.73. The van der Waals surface area contributed by atoms with Crippen molar-refractivity contribution in [3.05, 3.63) is 35.9 Å². The average molecular weight is 522 g/mol. The van der Waals surface area contributed by atoms with Crippen LogP contribution in [0.4, 0.5) is 0 Å². The normalized spacial score (nSPS) is 14.8. The van der Waals surface area contributed by atoms with Crippen molar-refractivity contribution in [3.8, 4) is 0 Å². The van der Waals surface area contributed by atoms with Gasteiger partial charge >= 0.3 is 11.9 Å². The predicted molar refractivity (Wildman–Crippen MR) is 132 cm³/mol. The summed E-state index contributed by atoms with van der Waals surface area (Å²) >= 11 is 0. The Morgan fingerprint density at radius 2 is 1.41 bits per heavy atom. The second-order valence-electron chi connectivity index (χ2n) is 8.73. The number of nitrogens with one attached hydrogen (secondary N) is 3. The van der Waals surface area contributed by atoms with Crippen molar-refractivity contribution in [2.75, 3.05) is 0 Å². The topological polar surface area (TPSA) is 231 Å². The molecular weight excluding hydrogens is 486 g/mol. The lowest BCUT2D eigenvalue weighted by Gasteiger charge is -2.25. The summed E-state index contributed by atoms with van der Waals surface area (Å²) in [4.78, 5) is 72.6. The Bertz CT molecular complexity index is 971. The molecule has 0 radical (unpaired) electrons. The maximum absolute atomic E-state index is 13.1. The third-order valence-corrected chi connectivity index (χ3v) is 5.78. The molecule has 204 valence electrons. The lowest BCUT2D eigenvalue weighted by molar-refractivity contribution is -0.143. The molecule has 0 aliphatic carbocycles. The van der Waals surface area contributed by atoms with Gasteiger partial charge in [-0.05, 0) is 17.9 Å². The Morgan fingerprint density at radius 1 is 0.865 bits per heavy atom. The zero-order valence-corrected chi connectivity index (χ0v) is 20.8. The van der Waals surface area contributed by atoms with Crippen molar-refractivity contribution in [3.63, 3.8) is 0 Å². The van der Waals surface area contributed by atoms with Crippen LogP contribution in [0.25, 0.3) is 0 Å². The number of hydrogen-bond donors (Lipinski definition) is 7. The molecule has 0 fully saturated rings. The van der Waals surface area contributed by atoms with Crippen LogP contribution < -0.4 is 27.4 Å². The number of carboxylic acid groups (broad SMARTS) is 2. The van der Waals surface area contributed by atoms with Crippen LogP contribution in [0, 0.1) is 5.92 Å². The minimum atomic E-state index is -1.52. The van der Waals surface area contributed by atoms with Crippen molar-refractivity contribution in [1.29, 1.82) is 0 Å². The first kappa shape index (κ1) is 31.0. The van der Waals surface area contributed by atoms with E-state index >= 15 is 0 Å². The maximum atomic E-state index is 13.1. The minimum absolute atomic E-state index is 0.0622. The fourth-order valence-electron chi connectivity index (χ4n) is 3.32. The van der Waals surface area contributed by atoms with Gasteiger partial charge < -0.3 is 37.6 Å². The van der Waals surface area contributed by atoms with Gasteiger partial charge in [-0.3, -0.25) is 24.0 Å². The van der Waals surface area contributed by atoms with Crippen LogP contribution in [0.1, 0.15) is 45.1 Å². The summed E-state index contributed by atoms with van der Waals surface area (Å²) < 4.78 is 0. The highest BCUT2D eigenvalue weighted by Gasteiger charge is 2.32. The third-order valence-electron chi connectivity index (χ3n) is 5.78. The number of primary amides is 1. The number of carbonyl (C=O) groups excluding carboxylic acids is 4. The van der Waals surface area contributed by atoms with Crippen molar-refractivity contribution < 1.29 is 39.0 Å². The molecule has 0 aliphatic heterocycles. The molecule has 4 amide bonds. The predicted octanol–water partition coefficient (Wildman–Crippen LogP) is -1.12.